The van der Waals surface area contributed by atoms with Crippen molar-refractivity contribution in [1.29, 1.82) is 0 Å². The molecule has 302 valence electrons. The van der Waals surface area contributed by atoms with E-state index >= 15 is 4.39 Å². The van der Waals surface area contributed by atoms with Crippen LogP contribution in [0.2, 0.25) is 0 Å². The summed E-state index contributed by atoms with van der Waals surface area (Å²) in [5, 5.41) is 11.1. The normalized spacial score (nSPS) is 12.4. The molecule has 3 heterocycles. The number of aromatic nitrogens is 4. The molecule has 0 radical (unpaired) electrons. The van der Waals surface area contributed by atoms with Crippen molar-refractivity contribution in [3.63, 3.8) is 0 Å². The molecule has 58 heavy (non-hydrogen) atoms. The number of rotatable bonds is 15. The third kappa shape index (κ3) is 10.1. The van der Waals surface area contributed by atoms with Gasteiger partial charge in [0.05, 0.1) is 37.7 Å². The van der Waals surface area contributed by atoms with E-state index in [0.717, 1.165) is 28.5 Å². The molecule has 3 aromatic carbocycles. The van der Waals surface area contributed by atoms with Gasteiger partial charge in [-0.3, -0.25) is 0 Å². The highest BCUT2D eigenvalue weighted by atomic mass is 19.1. The van der Waals surface area contributed by atoms with Crippen LogP contribution in [0.5, 0.6) is 5.88 Å². The lowest BCUT2D eigenvalue weighted by molar-refractivity contribution is 0.0502. The first-order valence-corrected chi connectivity index (χ1v) is 19.3. The second-order valence-electron chi connectivity index (χ2n) is 15.1. The topological polar surface area (TPSA) is 132 Å². The van der Waals surface area contributed by atoms with Crippen molar-refractivity contribution in [1.82, 2.24) is 24.9 Å². The molecule has 0 spiro atoms. The fourth-order valence-electron chi connectivity index (χ4n) is 6.56. The summed E-state index contributed by atoms with van der Waals surface area (Å²) in [5.41, 5.74) is 4.96. The third-order valence-corrected chi connectivity index (χ3v) is 9.29. The number of anilines is 2. The van der Waals surface area contributed by atoms with Gasteiger partial charge in [0.2, 0.25) is 5.88 Å². The highest BCUT2D eigenvalue weighted by molar-refractivity contribution is 5.98. The van der Waals surface area contributed by atoms with Gasteiger partial charge in [-0.2, -0.15) is 9.61 Å². The van der Waals surface area contributed by atoms with Gasteiger partial charge in [-0.15, -0.1) is 0 Å². The molecular weight excluding hydrogens is 738 g/mol. The number of ether oxygens (including phenoxy) is 3. The first-order chi connectivity index (χ1) is 27.8. The molecule has 6 rings (SSSR count). The standard InChI is InChI=1S/C45H50FN7O5/c1-8-37(35-23-34(46)25-47-41(35)57-30(3)24-48-44(55)58-45(4,5)6)50-39-38(33-21-19-29(2)20-22-33)42(53-40(51-39)36(26-49-53)43(54)56-7)52(27-31-15-11-9-12-16-31)28-32-17-13-10-14-18-32/h9-23,25-26,30,37H,8,24,27-28H2,1-7H3,(H,48,55)(H,50,51)/t30?,37-/m1/s1. The minimum absolute atomic E-state index is 0.118. The summed E-state index contributed by atoms with van der Waals surface area (Å²) in [6, 6.07) is 29.2. The van der Waals surface area contributed by atoms with Crippen LogP contribution in [0.4, 0.5) is 20.8 Å². The average Bonchev–Trinajstić information content (AvgIpc) is 3.63. The first kappa shape index (κ1) is 41.1. The van der Waals surface area contributed by atoms with Gasteiger partial charge in [-0.05, 0) is 63.8 Å². The number of hydrogen-bond donors (Lipinski definition) is 2. The number of pyridine rings is 1. The molecule has 0 aliphatic rings. The Kier molecular flexibility index (Phi) is 12.9. The van der Waals surface area contributed by atoms with E-state index < -0.39 is 35.6 Å². The summed E-state index contributed by atoms with van der Waals surface area (Å²) >= 11 is 0. The minimum atomic E-state index is -0.664. The summed E-state index contributed by atoms with van der Waals surface area (Å²) < 4.78 is 33.7. The number of hydrogen-bond acceptors (Lipinski definition) is 10. The van der Waals surface area contributed by atoms with Crippen molar-refractivity contribution in [2.45, 2.75) is 78.8 Å². The summed E-state index contributed by atoms with van der Waals surface area (Å²) in [4.78, 5) is 37.3. The van der Waals surface area contributed by atoms with E-state index in [2.05, 4.69) is 44.8 Å². The second-order valence-corrected chi connectivity index (χ2v) is 15.1. The molecule has 12 nitrogen and oxygen atoms in total. The van der Waals surface area contributed by atoms with Gasteiger partial charge in [0.1, 0.15) is 34.7 Å². The minimum Gasteiger partial charge on any atom is -0.473 e. The Bertz CT molecular complexity index is 2290. The van der Waals surface area contributed by atoms with Crippen LogP contribution in [-0.2, 0) is 22.6 Å². The Morgan fingerprint density at radius 3 is 2.16 bits per heavy atom. The average molecular weight is 788 g/mol. The van der Waals surface area contributed by atoms with Crippen molar-refractivity contribution < 1.29 is 28.2 Å². The number of carbonyl (C=O) groups excluding carboxylic acids is 2. The SMILES string of the molecule is CC[C@@H](Nc1nc2c(C(=O)OC)cnn2c(N(Cc2ccccc2)Cc2ccccc2)c1-c1ccc(C)cc1)c1cc(F)cnc1OC(C)CNC(=O)OC(C)(C)C. The van der Waals surface area contributed by atoms with E-state index in [1.54, 1.807) is 32.2 Å². The Morgan fingerprint density at radius 2 is 1.57 bits per heavy atom. The number of nitrogens with one attached hydrogen (secondary N) is 2. The molecule has 2 atom stereocenters. The molecule has 1 unspecified atom stereocenters. The summed E-state index contributed by atoms with van der Waals surface area (Å²) in [7, 11) is 1.32. The molecule has 0 saturated carbocycles. The third-order valence-electron chi connectivity index (χ3n) is 9.29. The van der Waals surface area contributed by atoms with Crippen molar-refractivity contribution in [3.05, 3.63) is 137 Å². The van der Waals surface area contributed by atoms with Crippen LogP contribution in [0.25, 0.3) is 16.8 Å². The van der Waals surface area contributed by atoms with Gasteiger partial charge in [0.25, 0.3) is 0 Å². The van der Waals surface area contributed by atoms with E-state index in [9.17, 15) is 9.59 Å². The lowest BCUT2D eigenvalue weighted by Crippen LogP contribution is -2.38. The smallest absolute Gasteiger partial charge is 0.407 e. The zero-order valence-corrected chi connectivity index (χ0v) is 34.0. The molecule has 0 saturated heterocycles. The molecular formula is C45H50FN7O5. The van der Waals surface area contributed by atoms with E-state index in [0.29, 0.717) is 42.3 Å². The van der Waals surface area contributed by atoms with Crippen LogP contribution < -0.4 is 20.3 Å². The Hall–Kier alpha value is -6.50. The number of halogens is 1. The quantitative estimate of drug-likeness (QED) is 0.0972. The van der Waals surface area contributed by atoms with Crippen molar-refractivity contribution in [3.8, 4) is 17.0 Å². The van der Waals surface area contributed by atoms with Gasteiger partial charge in [-0.25, -0.2) is 23.9 Å². The fraction of sp³-hybridized carbons (Fsp3) is 0.311. The van der Waals surface area contributed by atoms with Crippen LogP contribution in [0, 0.1) is 12.7 Å². The lowest BCUT2D eigenvalue weighted by Gasteiger charge is -2.30. The van der Waals surface area contributed by atoms with Gasteiger partial charge >= 0.3 is 12.1 Å². The summed E-state index contributed by atoms with van der Waals surface area (Å²) in [5.74, 6) is 0.137. The van der Waals surface area contributed by atoms with E-state index in [-0.39, 0.29) is 23.6 Å². The maximum atomic E-state index is 15.1. The van der Waals surface area contributed by atoms with Crippen LogP contribution in [0.1, 0.15) is 79.7 Å². The Balaban J connectivity index is 1.51. The van der Waals surface area contributed by atoms with Crippen LogP contribution in [-0.4, -0.2) is 57.0 Å². The van der Waals surface area contributed by atoms with Crippen LogP contribution in [0.3, 0.4) is 0 Å². The first-order valence-electron chi connectivity index (χ1n) is 19.3. The Morgan fingerprint density at radius 1 is 0.931 bits per heavy atom. The number of nitrogens with zero attached hydrogens (tertiary/aromatic N) is 5. The predicted octanol–water partition coefficient (Wildman–Crippen LogP) is 9.09. The molecule has 0 aliphatic heterocycles. The predicted molar refractivity (Wildman–Crippen MR) is 222 cm³/mol. The van der Waals surface area contributed by atoms with E-state index in [1.165, 1.54) is 19.4 Å². The number of fused-ring (bicyclic) bond motifs is 1. The lowest BCUT2D eigenvalue weighted by atomic mass is 10.0. The summed E-state index contributed by atoms with van der Waals surface area (Å²) in [6.45, 7) is 12.2. The number of benzene rings is 3. The highest BCUT2D eigenvalue weighted by Gasteiger charge is 2.29. The maximum absolute atomic E-state index is 15.1. The number of alkyl carbamates (subject to hydrolysis) is 1. The number of amides is 1. The van der Waals surface area contributed by atoms with E-state index in [4.69, 9.17) is 24.3 Å². The zero-order valence-electron chi connectivity index (χ0n) is 34.0. The number of carbonyl (C=O) groups is 2. The second kappa shape index (κ2) is 18.2. The van der Waals surface area contributed by atoms with E-state index in [1.807, 2.05) is 74.5 Å². The van der Waals surface area contributed by atoms with Gasteiger partial charge in [0.15, 0.2) is 5.65 Å². The Labute approximate surface area is 338 Å². The van der Waals surface area contributed by atoms with Gasteiger partial charge in [-0.1, -0.05) is 97.4 Å². The zero-order chi connectivity index (χ0) is 41.4. The highest BCUT2D eigenvalue weighted by Crippen LogP contribution is 2.41. The molecule has 3 aromatic heterocycles. The molecule has 13 heteroatoms. The van der Waals surface area contributed by atoms with Crippen molar-refractivity contribution in [2.24, 2.45) is 0 Å². The number of esters is 1. The molecule has 1 amide bonds. The van der Waals surface area contributed by atoms with Crippen LogP contribution >= 0.6 is 0 Å². The molecule has 6 aromatic rings. The molecule has 2 N–H and O–H groups in total. The molecule has 0 bridgehead atoms. The van der Waals surface area contributed by atoms with Crippen LogP contribution in [0.15, 0.2) is 103 Å². The number of aryl methyl sites for hydroxylation is 1. The molecule has 0 fully saturated rings. The maximum Gasteiger partial charge on any atom is 0.407 e. The van der Waals surface area contributed by atoms with Gasteiger partial charge < -0.3 is 29.7 Å². The van der Waals surface area contributed by atoms with Crippen molar-refractivity contribution in [2.75, 3.05) is 23.9 Å². The monoisotopic (exact) mass is 787 g/mol. The fourth-order valence-corrected chi connectivity index (χ4v) is 6.56. The summed E-state index contributed by atoms with van der Waals surface area (Å²) in [6.07, 6.45) is 1.90. The van der Waals surface area contributed by atoms with Gasteiger partial charge in [0, 0.05) is 18.7 Å². The van der Waals surface area contributed by atoms with Crippen molar-refractivity contribution >= 4 is 29.3 Å². The largest absolute Gasteiger partial charge is 0.473 e. The molecule has 0 aliphatic carbocycles. The number of methoxy groups -OCH3 is 1.